The SMILES string of the molecule is Cc1[nH]nc(S(=O)(=O)Nc2cccc(F)c2)c1CN. The predicted molar refractivity (Wildman–Crippen MR) is 68.4 cm³/mol. The van der Waals surface area contributed by atoms with Crippen LogP contribution in [0.5, 0.6) is 0 Å². The summed E-state index contributed by atoms with van der Waals surface area (Å²) in [5.41, 5.74) is 6.62. The van der Waals surface area contributed by atoms with Crippen molar-refractivity contribution in [1.29, 1.82) is 0 Å². The molecule has 1 aromatic heterocycles. The number of H-pyrrole nitrogens is 1. The molecule has 0 aliphatic heterocycles. The van der Waals surface area contributed by atoms with E-state index in [-0.39, 0.29) is 17.3 Å². The molecule has 0 bridgehead atoms. The van der Waals surface area contributed by atoms with E-state index in [1.165, 1.54) is 18.2 Å². The zero-order valence-corrected chi connectivity index (χ0v) is 11.0. The van der Waals surface area contributed by atoms with Crippen LogP contribution < -0.4 is 10.5 Å². The van der Waals surface area contributed by atoms with E-state index in [1.807, 2.05) is 0 Å². The van der Waals surface area contributed by atoms with Crippen LogP contribution in [0.2, 0.25) is 0 Å². The van der Waals surface area contributed by atoms with Crippen molar-refractivity contribution in [2.24, 2.45) is 5.73 Å². The molecule has 2 rings (SSSR count). The Kier molecular flexibility index (Phi) is 3.54. The minimum absolute atomic E-state index is 0.0434. The zero-order valence-electron chi connectivity index (χ0n) is 10.1. The normalized spacial score (nSPS) is 11.5. The third-order valence-corrected chi connectivity index (χ3v) is 3.92. The van der Waals surface area contributed by atoms with Gasteiger partial charge >= 0.3 is 0 Å². The summed E-state index contributed by atoms with van der Waals surface area (Å²) in [5, 5.41) is 6.13. The number of benzene rings is 1. The molecule has 6 nitrogen and oxygen atoms in total. The highest BCUT2D eigenvalue weighted by molar-refractivity contribution is 7.92. The Morgan fingerprint density at radius 1 is 1.47 bits per heavy atom. The summed E-state index contributed by atoms with van der Waals surface area (Å²) >= 11 is 0. The van der Waals surface area contributed by atoms with E-state index < -0.39 is 15.8 Å². The van der Waals surface area contributed by atoms with E-state index in [0.29, 0.717) is 11.3 Å². The van der Waals surface area contributed by atoms with Gasteiger partial charge < -0.3 is 5.73 Å². The van der Waals surface area contributed by atoms with Crippen LogP contribution in [-0.2, 0) is 16.6 Å². The number of sulfonamides is 1. The maximum absolute atomic E-state index is 13.0. The van der Waals surface area contributed by atoms with Gasteiger partial charge in [-0.3, -0.25) is 9.82 Å². The zero-order chi connectivity index (χ0) is 14.0. The number of aryl methyl sites for hydroxylation is 1. The number of aromatic nitrogens is 2. The van der Waals surface area contributed by atoms with Gasteiger partial charge in [-0.2, -0.15) is 13.5 Å². The van der Waals surface area contributed by atoms with Gasteiger partial charge in [-0.1, -0.05) is 6.07 Å². The van der Waals surface area contributed by atoms with Gasteiger partial charge in [0.1, 0.15) is 5.82 Å². The molecular weight excluding hydrogens is 271 g/mol. The average molecular weight is 284 g/mol. The van der Waals surface area contributed by atoms with E-state index >= 15 is 0 Å². The first-order valence-corrected chi connectivity index (χ1v) is 6.94. The number of nitrogens with zero attached hydrogens (tertiary/aromatic N) is 1. The third-order valence-electron chi connectivity index (χ3n) is 2.57. The van der Waals surface area contributed by atoms with Gasteiger partial charge in [0.05, 0.1) is 5.69 Å². The lowest BCUT2D eigenvalue weighted by molar-refractivity contribution is 0.595. The van der Waals surface area contributed by atoms with E-state index in [0.717, 1.165) is 6.07 Å². The van der Waals surface area contributed by atoms with Crippen LogP contribution in [0, 0.1) is 12.7 Å². The molecule has 0 radical (unpaired) electrons. The number of rotatable bonds is 4. The molecule has 0 aliphatic carbocycles. The smallest absolute Gasteiger partial charge is 0.281 e. The fourth-order valence-corrected chi connectivity index (χ4v) is 2.91. The minimum Gasteiger partial charge on any atom is -0.326 e. The topological polar surface area (TPSA) is 101 Å². The molecule has 0 amide bonds. The Morgan fingerprint density at radius 2 is 2.21 bits per heavy atom. The van der Waals surface area contributed by atoms with Crippen molar-refractivity contribution < 1.29 is 12.8 Å². The molecule has 0 saturated carbocycles. The average Bonchev–Trinajstić information content (AvgIpc) is 2.70. The highest BCUT2D eigenvalue weighted by atomic mass is 32.2. The van der Waals surface area contributed by atoms with Crippen LogP contribution in [0.1, 0.15) is 11.3 Å². The number of aromatic amines is 1. The van der Waals surface area contributed by atoms with Crippen LogP contribution in [0.15, 0.2) is 29.3 Å². The first kappa shape index (κ1) is 13.5. The predicted octanol–water partition coefficient (Wildman–Crippen LogP) is 1.12. The first-order chi connectivity index (χ1) is 8.94. The van der Waals surface area contributed by atoms with Crippen LogP contribution in [0.3, 0.4) is 0 Å². The first-order valence-electron chi connectivity index (χ1n) is 5.46. The van der Waals surface area contributed by atoms with Crippen molar-refractivity contribution >= 4 is 15.7 Å². The second kappa shape index (κ2) is 4.98. The van der Waals surface area contributed by atoms with E-state index in [4.69, 9.17) is 5.73 Å². The van der Waals surface area contributed by atoms with Gasteiger partial charge in [-0.05, 0) is 25.1 Å². The minimum atomic E-state index is -3.89. The molecule has 1 heterocycles. The van der Waals surface area contributed by atoms with Gasteiger partial charge in [0.2, 0.25) is 5.03 Å². The van der Waals surface area contributed by atoms with Gasteiger partial charge in [-0.25, -0.2) is 4.39 Å². The maximum Gasteiger partial charge on any atom is 0.281 e. The summed E-state index contributed by atoms with van der Waals surface area (Å²) in [5.74, 6) is -0.530. The molecule has 4 N–H and O–H groups in total. The van der Waals surface area contributed by atoms with E-state index in [1.54, 1.807) is 6.92 Å². The summed E-state index contributed by atoms with van der Waals surface area (Å²) < 4.78 is 39.5. The Hall–Kier alpha value is -1.93. The summed E-state index contributed by atoms with van der Waals surface area (Å²) in [7, 11) is -3.89. The van der Waals surface area contributed by atoms with Crippen LogP contribution in [0.4, 0.5) is 10.1 Å². The van der Waals surface area contributed by atoms with Crippen molar-refractivity contribution in [3.63, 3.8) is 0 Å². The van der Waals surface area contributed by atoms with Gasteiger partial charge in [0.25, 0.3) is 10.0 Å². The number of halogens is 1. The van der Waals surface area contributed by atoms with Gasteiger partial charge in [0, 0.05) is 17.8 Å². The summed E-state index contributed by atoms with van der Waals surface area (Å²) in [6.07, 6.45) is 0. The Labute approximate surface area is 109 Å². The second-order valence-electron chi connectivity index (χ2n) is 3.95. The molecule has 0 saturated heterocycles. The lowest BCUT2D eigenvalue weighted by Gasteiger charge is -2.07. The summed E-state index contributed by atoms with van der Waals surface area (Å²) in [6.45, 7) is 1.72. The molecule has 2 aromatic rings. The highest BCUT2D eigenvalue weighted by Crippen LogP contribution is 2.19. The molecule has 8 heteroatoms. The van der Waals surface area contributed by atoms with E-state index in [9.17, 15) is 12.8 Å². The van der Waals surface area contributed by atoms with Crippen LogP contribution in [0.25, 0.3) is 0 Å². The van der Waals surface area contributed by atoms with Gasteiger partial charge in [0.15, 0.2) is 0 Å². The standard InChI is InChI=1S/C11H13FN4O2S/c1-7-10(6-13)11(15-14-7)19(17,18)16-9-4-2-3-8(12)5-9/h2-5,16H,6,13H2,1H3,(H,14,15). The number of anilines is 1. The van der Waals surface area contributed by atoms with Crippen molar-refractivity contribution in [2.75, 3.05) is 4.72 Å². The largest absolute Gasteiger partial charge is 0.326 e. The van der Waals surface area contributed by atoms with Crippen LogP contribution >= 0.6 is 0 Å². The lowest BCUT2D eigenvalue weighted by atomic mass is 10.3. The molecule has 1 aromatic carbocycles. The number of nitrogens with one attached hydrogen (secondary N) is 2. The molecule has 0 aliphatic rings. The molecular formula is C11H13FN4O2S. The lowest BCUT2D eigenvalue weighted by Crippen LogP contribution is -2.16. The molecule has 0 fully saturated rings. The molecule has 0 unspecified atom stereocenters. The van der Waals surface area contributed by atoms with Crippen molar-refractivity contribution in [1.82, 2.24) is 10.2 Å². The molecule has 0 spiro atoms. The maximum atomic E-state index is 13.0. The van der Waals surface area contributed by atoms with Crippen molar-refractivity contribution in [3.8, 4) is 0 Å². The molecule has 102 valence electrons. The third kappa shape index (κ3) is 2.74. The van der Waals surface area contributed by atoms with E-state index in [2.05, 4.69) is 14.9 Å². The summed E-state index contributed by atoms with van der Waals surface area (Å²) in [6, 6.07) is 5.16. The van der Waals surface area contributed by atoms with Crippen molar-refractivity contribution in [2.45, 2.75) is 18.5 Å². The summed E-state index contributed by atoms with van der Waals surface area (Å²) in [4.78, 5) is 0. The number of nitrogens with two attached hydrogens (primary N) is 1. The highest BCUT2D eigenvalue weighted by Gasteiger charge is 2.23. The molecule has 19 heavy (non-hydrogen) atoms. The van der Waals surface area contributed by atoms with Crippen LogP contribution in [-0.4, -0.2) is 18.6 Å². The van der Waals surface area contributed by atoms with Gasteiger partial charge in [-0.15, -0.1) is 0 Å². The fourth-order valence-electron chi connectivity index (χ4n) is 1.65. The quantitative estimate of drug-likeness (QED) is 0.783. The Bertz CT molecular complexity index is 696. The second-order valence-corrected chi connectivity index (χ2v) is 5.55. The fraction of sp³-hybridized carbons (Fsp3) is 0.182. The Morgan fingerprint density at radius 3 is 2.84 bits per heavy atom. The molecule has 0 atom stereocenters. The Balaban J connectivity index is 2.38. The van der Waals surface area contributed by atoms with Crippen molar-refractivity contribution in [3.05, 3.63) is 41.3 Å². The number of hydrogen-bond acceptors (Lipinski definition) is 4. The number of hydrogen-bond donors (Lipinski definition) is 3. The monoisotopic (exact) mass is 284 g/mol.